The molecule has 1 aromatic rings. The Morgan fingerprint density at radius 1 is 1.22 bits per heavy atom. The lowest BCUT2D eigenvalue weighted by atomic mass is 9.99. The third kappa shape index (κ3) is 2.06. The average molecular weight is 312 g/mol. The number of anilines is 1. The topological polar surface area (TPSA) is 43.7 Å². The van der Waals surface area contributed by atoms with Crippen LogP contribution in [0.25, 0.3) is 0 Å². The summed E-state index contributed by atoms with van der Waals surface area (Å²) in [7, 11) is 0. The van der Waals surface area contributed by atoms with Gasteiger partial charge in [-0.05, 0) is 43.4 Å². The molecule has 3 rings (SSSR count). The number of hydrogen-bond donors (Lipinski definition) is 2. The van der Waals surface area contributed by atoms with E-state index >= 15 is 0 Å². The standard InChI is InChI=1S/C14H18BrNO2/c15-14-7-12(2-1-9(14)8-17)16-10-3-4-11(16)6-13(18)5-10/h1-2,7,10-11,13,17-18H,3-6,8H2. The van der Waals surface area contributed by atoms with Gasteiger partial charge in [-0.15, -0.1) is 0 Å². The van der Waals surface area contributed by atoms with Crippen LogP contribution in [0.2, 0.25) is 0 Å². The quantitative estimate of drug-likeness (QED) is 0.881. The van der Waals surface area contributed by atoms with Crippen molar-refractivity contribution < 1.29 is 10.2 Å². The van der Waals surface area contributed by atoms with Crippen molar-refractivity contribution >= 4 is 21.6 Å². The van der Waals surface area contributed by atoms with Gasteiger partial charge in [0.05, 0.1) is 12.7 Å². The van der Waals surface area contributed by atoms with E-state index in [1.165, 1.54) is 18.5 Å². The van der Waals surface area contributed by atoms with Gasteiger partial charge in [0.25, 0.3) is 0 Å². The van der Waals surface area contributed by atoms with E-state index in [0.717, 1.165) is 22.9 Å². The fraction of sp³-hybridized carbons (Fsp3) is 0.571. The fourth-order valence-corrected chi connectivity index (χ4v) is 3.89. The van der Waals surface area contributed by atoms with Crippen LogP contribution >= 0.6 is 15.9 Å². The minimum atomic E-state index is -0.126. The second kappa shape index (κ2) is 4.83. The third-order valence-corrected chi connectivity index (χ3v) is 4.95. The summed E-state index contributed by atoms with van der Waals surface area (Å²) in [5.41, 5.74) is 2.13. The molecule has 2 aliphatic rings. The maximum absolute atomic E-state index is 9.82. The Bertz CT molecular complexity index is 437. The Kier molecular flexibility index (Phi) is 3.34. The summed E-state index contributed by atoms with van der Waals surface area (Å²) in [6, 6.07) is 7.11. The van der Waals surface area contributed by atoms with Crippen LogP contribution in [0.15, 0.2) is 22.7 Å². The van der Waals surface area contributed by atoms with Gasteiger partial charge in [0.1, 0.15) is 0 Å². The number of rotatable bonds is 2. The van der Waals surface area contributed by atoms with Gasteiger partial charge in [-0.2, -0.15) is 0 Å². The van der Waals surface area contributed by atoms with Gasteiger partial charge in [0.2, 0.25) is 0 Å². The number of benzene rings is 1. The summed E-state index contributed by atoms with van der Waals surface area (Å²) < 4.78 is 0.966. The SMILES string of the molecule is OCc1ccc(N2C3CCC2CC(O)C3)cc1Br. The molecular weight excluding hydrogens is 294 g/mol. The van der Waals surface area contributed by atoms with E-state index in [0.29, 0.717) is 12.1 Å². The Labute approximate surface area is 116 Å². The minimum absolute atomic E-state index is 0.0619. The Hall–Kier alpha value is -0.580. The lowest BCUT2D eigenvalue weighted by Gasteiger charge is -2.39. The molecule has 0 aliphatic carbocycles. The predicted molar refractivity (Wildman–Crippen MR) is 74.6 cm³/mol. The average Bonchev–Trinajstić information content (AvgIpc) is 2.61. The van der Waals surface area contributed by atoms with Crippen LogP contribution < -0.4 is 4.90 Å². The van der Waals surface area contributed by atoms with Crippen LogP contribution in [0.4, 0.5) is 5.69 Å². The minimum Gasteiger partial charge on any atom is -0.393 e. The zero-order chi connectivity index (χ0) is 12.7. The van der Waals surface area contributed by atoms with Crippen molar-refractivity contribution in [3.63, 3.8) is 0 Å². The van der Waals surface area contributed by atoms with Crippen molar-refractivity contribution in [1.29, 1.82) is 0 Å². The normalized spacial score (nSPS) is 30.8. The first-order valence-corrected chi connectivity index (χ1v) is 7.34. The molecule has 0 radical (unpaired) electrons. The maximum atomic E-state index is 9.82. The smallest absolute Gasteiger partial charge is 0.0692 e. The van der Waals surface area contributed by atoms with Crippen molar-refractivity contribution in [2.75, 3.05) is 4.90 Å². The molecule has 2 fully saturated rings. The summed E-state index contributed by atoms with van der Waals surface area (Å²) in [6.07, 6.45) is 4.01. The molecule has 0 aromatic heterocycles. The number of aliphatic hydroxyl groups is 2. The maximum Gasteiger partial charge on any atom is 0.0692 e. The fourth-order valence-electron chi connectivity index (χ4n) is 3.39. The molecule has 2 heterocycles. The molecule has 0 amide bonds. The van der Waals surface area contributed by atoms with E-state index in [1.54, 1.807) is 0 Å². The summed E-state index contributed by atoms with van der Waals surface area (Å²) in [5, 5.41) is 19.0. The zero-order valence-corrected chi connectivity index (χ0v) is 11.8. The first-order chi connectivity index (χ1) is 8.69. The summed E-state index contributed by atoms with van der Waals surface area (Å²) in [6.45, 7) is 0.0619. The molecule has 2 saturated heterocycles. The Morgan fingerprint density at radius 2 is 1.89 bits per heavy atom. The molecule has 2 unspecified atom stereocenters. The van der Waals surface area contributed by atoms with Gasteiger partial charge < -0.3 is 15.1 Å². The van der Waals surface area contributed by atoms with Crippen LogP contribution in [0, 0.1) is 0 Å². The molecule has 1 aromatic carbocycles. The van der Waals surface area contributed by atoms with Gasteiger partial charge in [-0.25, -0.2) is 0 Å². The number of hydrogen-bond acceptors (Lipinski definition) is 3. The van der Waals surface area contributed by atoms with Gasteiger partial charge in [-0.1, -0.05) is 22.0 Å². The Morgan fingerprint density at radius 3 is 2.44 bits per heavy atom. The number of nitrogens with zero attached hydrogens (tertiary/aromatic N) is 1. The van der Waals surface area contributed by atoms with Crippen molar-refractivity contribution in [1.82, 2.24) is 0 Å². The van der Waals surface area contributed by atoms with E-state index in [-0.39, 0.29) is 12.7 Å². The van der Waals surface area contributed by atoms with Crippen molar-refractivity contribution in [3.8, 4) is 0 Å². The van der Waals surface area contributed by atoms with E-state index in [1.807, 2.05) is 6.07 Å². The predicted octanol–water partition coefficient (Wildman–Crippen LogP) is 2.43. The molecule has 18 heavy (non-hydrogen) atoms. The highest BCUT2D eigenvalue weighted by molar-refractivity contribution is 9.10. The zero-order valence-electron chi connectivity index (χ0n) is 10.2. The number of fused-ring (bicyclic) bond motifs is 2. The molecule has 2 bridgehead atoms. The lowest BCUT2D eigenvalue weighted by Crippen LogP contribution is -2.44. The second-order valence-corrected chi connectivity index (χ2v) is 6.21. The first kappa shape index (κ1) is 12.5. The van der Waals surface area contributed by atoms with Crippen LogP contribution in [0.5, 0.6) is 0 Å². The molecular formula is C14H18BrNO2. The number of piperidine rings is 1. The lowest BCUT2D eigenvalue weighted by molar-refractivity contribution is 0.126. The van der Waals surface area contributed by atoms with E-state index in [4.69, 9.17) is 0 Å². The molecule has 0 saturated carbocycles. The molecule has 3 nitrogen and oxygen atoms in total. The van der Waals surface area contributed by atoms with Gasteiger partial charge in [-0.3, -0.25) is 0 Å². The van der Waals surface area contributed by atoms with Gasteiger partial charge in [0.15, 0.2) is 0 Å². The monoisotopic (exact) mass is 311 g/mol. The highest BCUT2D eigenvalue weighted by Crippen LogP contribution is 2.40. The van der Waals surface area contributed by atoms with Crippen LogP contribution in [0.3, 0.4) is 0 Å². The molecule has 98 valence electrons. The number of halogens is 1. The third-order valence-electron chi connectivity index (χ3n) is 4.21. The van der Waals surface area contributed by atoms with Gasteiger partial charge >= 0.3 is 0 Å². The van der Waals surface area contributed by atoms with Crippen molar-refractivity contribution in [2.45, 2.75) is 50.5 Å². The number of aliphatic hydroxyl groups excluding tert-OH is 2. The van der Waals surface area contributed by atoms with Crippen LogP contribution in [-0.2, 0) is 6.61 Å². The molecule has 2 N–H and O–H groups in total. The summed E-state index contributed by atoms with van der Waals surface area (Å²) in [5.74, 6) is 0. The van der Waals surface area contributed by atoms with Crippen LogP contribution in [-0.4, -0.2) is 28.4 Å². The highest BCUT2D eigenvalue weighted by atomic mass is 79.9. The first-order valence-electron chi connectivity index (χ1n) is 6.54. The van der Waals surface area contributed by atoms with Gasteiger partial charge in [0, 0.05) is 22.2 Å². The molecule has 4 heteroatoms. The summed E-state index contributed by atoms with van der Waals surface area (Å²) >= 11 is 3.51. The molecule has 2 atom stereocenters. The Balaban J connectivity index is 1.89. The van der Waals surface area contributed by atoms with E-state index in [9.17, 15) is 10.2 Å². The van der Waals surface area contributed by atoms with E-state index in [2.05, 4.69) is 33.0 Å². The van der Waals surface area contributed by atoms with E-state index < -0.39 is 0 Å². The summed E-state index contributed by atoms with van der Waals surface area (Å²) in [4.78, 5) is 2.46. The molecule has 2 aliphatic heterocycles. The molecule has 0 spiro atoms. The van der Waals surface area contributed by atoms with Crippen molar-refractivity contribution in [2.24, 2.45) is 0 Å². The van der Waals surface area contributed by atoms with Crippen molar-refractivity contribution in [3.05, 3.63) is 28.2 Å². The largest absolute Gasteiger partial charge is 0.393 e. The second-order valence-electron chi connectivity index (χ2n) is 5.35. The highest BCUT2D eigenvalue weighted by Gasteiger charge is 2.40. The van der Waals surface area contributed by atoms with Crippen LogP contribution in [0.1, 0.15) is 31.2 Å².